The first-order valence-corrected chi connectivity index (χ1v) is 9.65. The zero-order valence-corrected chi connectivity index (χ0v) is 15.1. The molecule has 0 spiro atoms. The summed E-state index contributed by atoms with van der Waals surface area (Å²) in [5, 5.41) is 21.5. The Morgan fingerprint density at radius 3 is 2.71 bits per heavy atom. The van der Waals surface area contributed by atoms with Crippen LogP contribution >= 0.6 is 0 Å². The number of hydrogen-bond donors (Lipinski definition) is 2. The Morgan fingerprint density at radius 2 is 2.00 bits per heavy atom. The molecule has 0 amide bonds. The van der Waals surface area contributed by atoms with Crippen LogP contribution in [0.4, 0.5) is 0 Å². The molecule has 132 valence electrons. The second-order valence-corrected chi connectivity index (χ2v) is 8.98. The van der Waals surface area contributed by atoms with E-state index in [1.807, 2.05) is 6.08 Å². The van der Waals surface area contributed by atoms with Gasteiger partial charge in [0.2, 0.25) is 0 Å². The van der Waals surface area contributed by atoms with E-state index in [1.54, 1.807) is 12.5 Å². The van der Waals surface area contributed by atoms with Gasteiger partial charge in [-0.1, -0.05) is 19.4 Å². The molecule has 24 heavy (non-hydrogen) atoms. The quantitative estimate of drug-likeness (QED) is 0.773. The van der Waals surface area contributed by atoms with E-state index >= 15 is 0 Å². The molecule has 4 aliphatic rings. The Bertz CT molecular complexity index is 643. The monoisotopic (exact) mass is 330 g/mol. The second-order valence-electron chi connectivity index (χ2n) is 8.98. The van der Waals surface area contributed by atoms with Crippen LogP contribution in [-0.4, -0.2) is 27.7 Å². The lowest BCUT2D eigenvalue weighted by atomic mass is 9.53. The SMILES string of the molecule is CC(O)[C@@]1(O)CC[C@H]2[C@@H]3C[C@H](C)C4=CC(=O)CCC4=C3CC[C@@]21C. The third-order valence-electron chi connectivity index (χ3n) is 7.99. The van der Waals surface area contributed by atoms with Crippen LogP contribution < -0.4 is 0 Å². The average Bonchev–Trinajstić information content (AvgIpc) is 2.81. The van der Waals surface area contributed by atoms with E-state index in [9.17, 15) is 15.0 Å². The van der Waals surface area contributed by atoms with Crippen molar-refractivity contribution in [1.29, 1.82) is 0 Å². The lowest BCUT2D eigenvalue weighted by molar-refractivity contribution is -0.152. The molecule has 2 saturated carbocycles. The first-order chi connectivity index (χ1) is 11.3. The van der Waals surface area contributed by atoms with Gasteiger partial charge in [-0.25, -0.2) is 0 Å². The molecular formula is C21H30O3. The largest absolute Gasteiger partial charge is 0.390 e. The normalized spacial score (nSPS) is 46.1. The predicted octanol–water partition coefficient (Wildman–Crippen LogP) is 3.55. The zero-order valence-electron chi connectivity index (χ0n) is 15.1. The highest BCUT2D eigenvalue weighted by molar-refractivity contribution is 5.93. The molecule has 0 saturated heterocycles. The number of hydrogen-bond acceptors (Lipinski definition) is 3. The van der Waals surface area contributed by atoms with Crippen LogP contribution in [0.15, 0.2) is 22.8 Å². The van der Waals surface area contributed by atoms with Crippen molar-refractivity contribution in [2.75, 3.05) is 0 Å². The van der Waals surface area contributed by atoms with Crippen molar-refractivity contribution < 1.29 is 15.0 Å². The molecular weight excluding hydrogens is 300 g/mol. The maximum atomic E-state index is 11.9. The molecule has 0 aromatic carbocycles. The third kappa shape index (κ3) is 2.00. The Morgan fingerprint density at radius 1 is 1.25 bits per heavy atom. The topological polar surface area (TPSA) is 57.5 Å². The van der Waals surface area contributed by atoms with E-state index in [4.69, 9.17) is 0 Å². The Labute approximate surface area is 144 Å². The van der Waals surface area contributed by atoms with Crippen molar-refractivity contribution in [3.63, 3.8) is 0 Å². The van der Waals surface area contributed by atoms with Crippen LogP contribution in [-0.2, 0) is 4.79 Å². The van der Waals surface area contributed by atoms with Crippen LogP contribution in [0.1, 0.15) is 65.7 Å². The van der Waals surface area contributed by atoms with Crippen LogP contribution in [0, 0.1) is 23.2 Å². The predicted molar refractivity (Wildman–Crippen MR) is 93.3 cm³/mol. The van der Waals surface area contributed by atoms with Crippen molar-refractivity contribution >= 4 is 5.78 Å². The van der Waals surface area contributed by atoms with Gasteiger partial charge in [-0.15, -0.1) is 0 Å². The van der Waals surface area contributed by atoms with Gasteiger partial charge >= 0.3 is 0 Å². The Kier molecular flexibility index (Phi) is 3.64. The van der Waals surface area contributed by atoms with E-state index in [0.717, 1.165) is 32.1 Å². The molecule has 0 bridgehead atoms. The molecule has 2 fully saturated rings. The first-order valence-electron chi connectivity index (χ1n) is 9.65. The van der Waals surface area contributed by atoms with Crippen molar-refractivity contribution in [1.82, 2.24) is 0 Å². The molecule has 0 aromatic heterocycles. The Hall–Kier alpha value is -0.930. The van der Waals surface area contributed by atoms with Crippen molar-refractivity contribution in [2.45, 2.75) is 77.4 Å². The molecule has 2 N–H and O–H groups in total. The minimum absolute atomic E-state index is 0.193. The molecule has 1 unspecified atom stereocenters. The minimum Gasteiger partial charge on any atom is -0.390 e. The van der Waals surface area contributed by atoms with E-state index < -0.39 is 11.7 Å². The summed E-state index contributed by atoms with van der Waals surface area (Å²) in [7, 11) is 0. The fourth-order valence-electron chi connectivity index (χ4n) is 6.56. The molecule has 0 aliphatic heterocycles. The van der Waals surface area contributed by atoms with Crippen LogP contribution in [0.3, 0.4) is 0 Å². The summed E-state index contributed by atoms with van der Waals surface area (Å²) in [5.41, 5.74) is 3.19. The van der Waals surface area contributed by atoms with Gasteiger partial charge in [-0.2, -0.15) is 0 Å². The summed E-state index contributed by atoms with van der Waals surface area (Å²) >= 11 is 0. The smallest absolute Gasteiger partial charge is 0.156 e. The highest BCUT2D eigenvalue weighted by atomic mass is 16.3. The number of ketones is 1. The number of allylic oxidation sites excluding steroid dienone is 4. The van der Waals surface area contributed by atoms with Gasteiger partial charge in [0, 0.05) is 11.8 Å². The molecule has 4 rings (SSSR count). The number of carbonyl (C=O) groups excluding carboxylic acids is 1. The summed E-state index contributed by atoms with van der Waals surface area (Å²) in [6.07, 6.45) is 7.56. The summed E-state index contributed by atoms with van der Waals surface area (Å²) in [6.45, 7) is 6.21. The van der Waals surface area contributed by atoms with Gasteiger partial charge in [0.15, 0.2) is 5.78 Å². The van der Waals surface area contributed by atoms with Gasteiger partial charge in [0.05, 0.1) is 11.7 Å². The van der Waals surface area contributed by atoms with E-state index in [2.05, 4.69) is 13.8 Å². The second kappa shape index (κ2) is 5.28. The molecule has 3 nitrogen and oxygen atoms in total. The molecule has 0 radical (unpaired) electrons. The first kappa shape index (κ1) is 16.5. The van der Waals surface area contributed by atoms with Crippen molar-refractivity contribution in [3.8, 4) is 0 Å². The Balaban J connectivity index is 1.76. The van der Waals surface area contributed by atoms with Gasteiger partial charge in [0.25, 0.3) is 0 Å². The lowest BCUT2D eigenvalue weighted by Crippen LogP contribution is -2.55. The van der Waals surface area contributed by atoms with Crippen LogP contribution in [0.25, 0.3) is 0 Å². The van der Waals surface area contributed by atoms with Gasteiger partial charge in [-0.3, -0.25) is 4.79 Å². The molecule has 3 heteroatoms. The number of aliphatic hydroxyl groups is 2. The lowest BCUT2D eigenvalue weighted by Gasteiger charge is -2.53. The molecule has 0 heterocycles. The highest BCUT2D eigenvalue weighted by Gasteiger charge is 2.62. The molecule has 4 aliphatic carbocycles. The van der Waals surface area contributed by atoms with Gasteiger partial charge in [-0.05, 0) is 80.4 Å². The highest BCUT2D eigenvalue weighted by Crippen LogP contribution is 2.64. The molecule has 6 atom stereocenters. The number of carbonyl (C=O) groups is 1. The van der Waals surface area contributed by atoms with Crippen LogP contribution in [0.2, 0.25) is 0 Å². The maximum Gasteiger partial charge on any atom is 0.156 e. The summed E-state index contributed by atoms with van der Waals surface area (Å²) in [5.74, 6) is 1.69. The number of fused-ring (bicyclic) bond motifs is 4. The third-order valence-corrected chi connectivity index (χ3v) is 7.99. The van der Waals surface area contributed by atoms with Crippen molar-refractivity contribution in [2.24, 2.45) is 23.2 Å². The van der Waals surface area contributed by atoms with Gasteiger partial charge < -0.3 is 10.2 Å². The van der Waals surface area contributed by atoms with E-state index in [0.29, 0.717) is 30.6 Å². The van der Waals surface area contributed by atoms with E-state index in [1.165, 1.54) is 11.1 Å². The number of aliphatic hydroxyl groups excluding tert-OH is 1. The van der Waals surface area contributed by atoms with Crippen LogP contribution in [0.5, 0.6) is 0 Å². The zero-order chi connectivity index (χ0) is 17.3. The van der Waals surface area contributed by atoms with Crippen molar-refractivity contribution in [3.05, 3.63) is 22.8 Å². The fraction of sp³-hybridized carbons (Fsp3) is 0.762. The minimum atomic E-state index is -0.949. The average molecular weight is 330 g/mol. The number of rotatable bonds is 1. The summed E-state index contributed by atoms with van der Waals surface area (Å²) in [4.78, 5) is 11.9. The van der Waals surface area contributed by atoms with E-state index in [-0.39, 0.29) is 11.2 Å². The summed E-state index contributed by atoms with van der Waals surface area (Å²) in [6, 6.07) is 0. The standard InChI is InChI=1S/C21H30O3/c1-12-10-18-16(15-5-4-14(23)11-17(12)15)6-8-20(3)19(18)7-9-21(20,24)13(2)22/h11-13,18-19,22,24H,4-10H2,1-3H3/t12-,13?,18+,19-,20-,21-/m0/s1. The molecule has 0 aromatic rings. The summed E-state index contributed by atoms with van der Waals surface area (Å²) < 4.78 is 0. The van der Waals surface area contributed by atoms with Gasteiger partial charge in [0.1, 0.15) is 0 Å². The fourth-order valence-corrected chi connectivity index (χ4v) is 6.56. The maximum absolute atomic E-state index is 11.9.